The van der Waals surface area contributed by atoms with E-state index >= 15 is 0 Å². The zero-order valence-electron chi connectivity index (χ0n) is 17.7. The van der Waals surface area contributed by atoms with Crippen molar-refractivity contribution in [2.75, 3.05) is 29.3 Å². The fraction of sp³-hybridized carbons (Fsp3) is 0.333. The van der Waals surface area contributed by atoms with Gasteiger partial charge in [0.25, 0.3) is 10.0 Å². The van der Waals surface area contributed by atoms with Crippen molar-refractivity contribution >= 4 is 50.0 Å². The molecule has 0 atom stereocenters. The second kappa shape index (κ2) is 9.56. The van der Waals surface area contributed by atoms with Gasteiger partial charge in [0.15, 0.2) is 11.6 Å². The molecule has 3 aromatic rings. The van der Waals surface area contributed by atoms with Crippen molar-refractivity contribution < 1.29 is 27.6 Å². The average molecular weight is 495 g/mol. The van der Waals surface area contributed by atoms with Gasteiger partial charge in [0, 0.05) is 37.3 Å². The number of carbonyl (C=O) groups is 1. The quantitative estimate of drug-likeness (QED) is 0.336. The first-order chi connectivity index (χ1) is 15.8. The predicted molar refractivity (Wildman–Crippen MR) is 122 cm³/mol. The Morgan fingerprint density at radius 2 is 2.06 bits per heavy atom. The molecule has 0 spiro atoms. The molecule has 12 heteroatoms. The number of pyridine rings is 1. The molecule has 3 heterocycles. The summed E-state index contributed by atoms with van der Waals surface area (Å²) < 4.78 is 39.9. The van der Waals surface area contributed by atoms with Crippen molar-refractivity contribution in [3.63, 3.8) is 0 Å². The molecule has 10 nitrogen and oxygen atoms in total. The highest BCUT2D eigenvalue weighted by molar-refractivity contribution is 7.92. The number of sulfonamides is 1. The summed E-state index contributed by atoms with van der Waals surface area (Å²) in [5, 5.41) is 9.57. The summed E-state index contributed by atoms with van der Waals surface area (Å²) in [5.41, 5.74) is 1.92. The van der Waals surface area contributed by atoms with Crippen LogP contribution in [0.15, 0.2) is 45.8 Å². The summed E-state index contributed by atoms with van der Waals surface area (Å²) >= 11 is 6.11. The molecule has 0 unspecified atom stereocenters. The lowest BCUT2D eigenvalue weighted by molar-refractivity contribution is 0.0458. The molecule has 1 amide bonds. The summed E-state index contributed by atoms with van der Waals surface area (Å²) in [4.78, 5) is 17.9. The molecule has 176 valence electrons. The van der Waals surface area contributed by atoms with E-state index in [0.717, 1.165) is 12.8 Å². The van der Waals surface area contributed by atoms with Crippen molar-refractivity contribution in [1.29, 1.82) is 0 Å². The Balaban J connectivity index is 1.60. The molecule has 2 aromatic heterocycles. The number of rotatable bonds is 7. The number of piperidine rings is 1. The molecule has 3 N–H and O–H groups in total. The lowest BCUT2D eigenvalue weighted by Gasteiger charge is -2.33. The van der Waals surface area contributed by atoms with Crippen molar-refractivity contribution in [2.24, 2.45) is 0 Å². The fourth-order valence-corrected chi connectivity index (χ4v) is 5.00. The van der Waals surface area contributed by atoms with Crippen LogP contribution in [0, 0.1) is 0 Å². The van der Waals surface area contributed by atoms with Crippen LogP contribution in [-0.2, 0) is 14.8 Å². The van der Waals surface area contributed by atoms with Gasteiger partial charge in [0.2, 0.25) is 0 Å². The van der Waals surface area contributed by atoms with Gasteiger partial charge in [-0.15, -0.1) is 0 Å². The van der Waals surface area contributed by atoms with E-state index in [1.165, 1.54) is 42.0 Å². The van der Waals surface area contributed by atoms with E-state index in [2.05, 4.69) is 9.71 Å². The second-order valence-corrected chi connectivity index (χ2v) is 9.64. The number of halogens is 1. The number of aromatic nitrogens is 1. The predicted octanol–water partition coefficient (Wildman–Crippen LogP) is 3.41. The smallest absolute Gasteiger partial charge is 0.310 e. The summed E-state index contributed by atoms with van der Waals surface area (Å²) in [5.74, 6) is -0.498. The van der Waals surface area contributed by atoms with Gasteiger partial charge >= 0.3 is 5.91 Å². The third-order valence-corrected chi connectivity index (χ3v) is 6.92. The van der Waals surface area contributed by atoms with Gasteiger partial charge < -0.3 is 14.1 Å². The Morgan fingerprint density at radius 3 is 2.76 bits per heavy atom. The van der Waals surface area contributed by atoms with Crippen LogP contribution in [0.3, 0.4) is 0 Å². The number of benzene rings is 1. The van der Waals surface area contributed by atoms with Crippen LogP contribution < -0.4 is 15.1 Å². The first kappa shape index (κ1) is 23.3. The van der Waals surface area contributed by atoms with Gasteiger partial charge in [-0.2, -0.15) is 0 Å². The Bertz CT molecular complexity index is 1270. The third-order valence-electron chi connectivity index (χ3n) is 5.35. The van der Waals surface area contributed by atoms with E-state index in [0.29, 0.717) is 35.9 Å². The minimum atomic E-state index is -4.03. The van der Waals surface area contributed by atoms with Gasteiger partial charge in [-0.05, 0) is 44.0 Å². The Labute approximate surface area is 195 Å². The van der Waals surface area contributed by atoms with Gasteiger partial charge in [-0.25, -0.2) is 18.9 Å². The van der Waals surface area contributed by atoms with Crippen LogP contribution in [0.4, 0.5) is 11.5 Å². The molecule has 0 bridgehead atoms. The highest BCUT2D eigenvalue weighted by Gasteiger charge is 2.25. The van der Waals surface area contributed by atoms with E-state index in [-0.39, 0.29) is 28.0 Å². The summed E-state index contributed by atoms with van der Waals surface area (Å²) in [6.07, 6.45) is 3.27. The second-order valence-electron chi connectivity index (χ2n) is 7.52. The average Bonchev–Trinajstić information content (AvgIpc) is 3.23. The monoisotopic (exact) mass is 494 g/mol. The van der Waals surface area contributed by atoms with E-state index in [4.69, 9.17) is 26.0 Å². The Kier molecular flexibility index (Phi) is 6.75. The molecular formula is C21H23ClN4O6S. The minimum absolute atomic E-state index is 0.0683. The van der Waals surface area contributed by atoms with Crippen LogP contribution in [0.2, 0.25) is 5.02 Å². The first-order valence-corrected chi connectivity index (χ1v) is 12.2. The molecule has 33 heavy (non-hydrogen) atoms. The number of nitrogens with zero attached hydrogens (tertiary/aromatic N) is 2. The summed E-state index contributed by atoms with van der Waals surface area (Å²) in [7, 11) is -4.03. The van der Waals surface area contributed by atoms with Crippen molar-refractivity contribution in [3.05, 3.63) is 47.3 Å². The topological polar surface area (TPSA) is 134 Å². The summed E-state index contributed by atoms with van der Waals surface area (Å²) in [6.45, 7) is 3.95. The number of furan rings is 1. The number of fused-ring (bicyclic) bond motifs is 1. The van der Waals surface area contributed by atoms with Crippen LogP contribution in [0.25, 0.3) is 11.0 Å². The van der Waals surface area contributed by atoms with Crippen LogP contribution in [0.5, 0.6) is 0 Å². The number of nitrogens with one attached hydrogen (secondary N) is 2. The number of anilines is 2. The largest absolute Gasteiger partial charge is 0.451 e. The Hall–Kier alpha value is -2.86. The van der Waals surface area contributed by atoms with Crippen molar-refractivity contribution in [1.82, 2.24) is 10.5 Å². The molecule has 1 aromatic carbocycles. The number of carbonyl (C=O) groups excluding carboxylic acids is 1. The lowest BCUT2D eigenvalue weighted by atomic mass is 10.1. The highest BCUT2D eigenvalue weighted by Crippen LogP contribution is 2.32. The number of ether oxygens (including phenoxy) is 1. The SMILES string of the molecule is CCOC1CCN(c2ncc(Cl)cc2NS(=O)(=O)c2ccc3cc(C(=O)NO)oc3c2)CC1. The standard InChI is InChI=1S/C21H23ClN4O6S/c1-2-31-15-5-7-26(8-6-15)20-17(10-14(22)12-23-20)25-33(29,30)16-4-3-13-9-19(21(27)24-28)32-18(13)11-16/h3-4,9-12,15,25,28H,2,5-8H2,1H3,(H,24,27). The highest BCUT2D eigenvalue weighted by atomic mass is 35.5. The molecule has 1 saturated heterocycles. The third kappa shape index (κ3) is 5.06. The number of hydrogen-bond donors (Lipinski definition) is 3. The number of amides is 1. The zero-order valence-corrected chi connectivity index (χ0v) is 19.3. The molecule has 1 aliphatic rings. The maximum Gasteiger partial charge on any atom is 0.310 e. The maximum absolute atomic E-state index is 13.1. The Morgan fingerprint density at radius 1 is 1.30 bits per heavy atom. The summed E-state index contributed by atoms with van der Waals surface area (Å²) in [6, 6.07) is 7.13. The molecule has 0 saturated carbocycles. The molecule has 4 rings (SSSR count). The van der Waals surface area contributed by atoms with E-state index in [9.17, 15) is 13.2 Å². The van der Waals surface area contributed by atoms with E-state index < -0.39 is 15.9 Å². The van der Waals surface area contributed by atoms with E-state index in [1.807, 2.05) is 11.8 Å². The molecule has 0 aliphatic carbocycles. The molecular weight excluding hydrogens is 472 g/mol. The molecule has 0 radical (unpaired) electrons. The van der Waals surface area contributed by atoms with Crippen LogP contribution >= 0.6 is 11.6 Å². The fourth-order valence-electron chi connectivity index (χ4n) is 3.78. The molecule has 1 aliphatic heterocycles. The van der Waals surface area contributed by atoms with Gasteiger partial charge in [0.1, 0.15) is 5.58 Å². The number of hydroxylamine groups is 1. The zero-order chi connectivity index (χ0) is 23.6. The minimum Gasteiger partial charge on any atom is -0.451 e. The lowest BCUT2D eigenvalue weighted by Crippen LogP contribution is -2.38. The van der Waals surface area contributed by atoms with Gasteiger partial charge in [-0.3, -0.25) is 14.7 Å². The van der Waals surface area contributed by atoms with Gasteiger partial charge in [0.05, 0.1) is 21.7 Å². The normalized spacial score (nSPS) is 15.1. The van der Waals surface area contributed by atoms with E-state index in [1.54, 1.807) is 0 Å². The van der Waals surface area contributed by atoms with Crippen LogP contribution in [0.1, 0.15) is 30.3 Å². The number of hydrogen-bond acceptors (Lipinski definition) is 8. The molecule has 1 fully saturated rings. The maximum atomic E-state index is 13.1. The van der Waals surface area contributed by atoms with Crippen molar-refractivity contribution in [3.8, 4) is 0 Å². The van der Waals surface area contributed by atoms with Crippen molar-refractivity contribution in [2.45, 2.75) is 30.8 Å². The van der Waals surface area contributed by atoms with Crippen LogP contribution in [-0.4, -0.2) is 50.3 Å². The first-order valence-electron chi connectivity index (χ1n) is 10.3. The van der Waals surface area contributed by atoms with Gasteiger partial charge in [-0.1, -0.05) is 11.6 Å².